The fraction of sp³-hybridized carbons (Fsp3) is 0.278. The molecule has 2 aromatic carbocycles. The molecule has 4 heteroatoms. The van der Waals surface area contributed by atoms with Gasteiger partial charge in [0.05, 0.1) is 7.11 Å². The molecule has 4 nitrogen and oxygen atoms in total. The van der Waals surface area contributed by atoms with Crippen molar-refractivity contribution in [2.45, 2.75) is 19.8 Å². The van der Waals surface area contributed by atoms with Gasteiger partial charge in [-0.05, 0) is 61.2 Å². The summed E-state index contributed by atoms with van der Waals surface area (Å²) in [5.41, 5.74) is 10.5. The highest BCUT2D eigenvalue weighted by Crippen LogP contribution is 2.32. The third kappa shape index (κ3) is 2.41. The number of carbonyl (C=O) groups excluding carboxylic acids is 1. The van der Waals surface area contributed by atoms with Crippen LogP contribution >= 0.6 is 0 Å². The normalized spacial score (nSPS) is 13.6. The van der Waals surface area contributed by atoms with Crippen LogP contribution < -0.4 is 15.4 Å². The van der Waals surface area contributed by atoms with Crippen LogP contribution in [0, 0.1) is 6.92 Å². The van der Waals surface area contributed by atoms with Crippen molar-refractivity contribution in [3.05, 3.63) is 53.1 Å². The maximum Gasteiger partial charge on any atom is 0.258 e. The van der Waals surface area contributed by atoms with E-state index in [1.807, 2.05) is 48.2 Å². The number of rotatable bonds is 2. The molecule has 0 unspecified atom stereocenters. The Bertz CT molecular complexity index is 725. The SMILES string of the molecule is COc1ccc(C(=O)N2CCCc3c(N)cccc32)c(C)c1. The number of nitrogen functional groups attached to an aromatic ring is 1. The third-order valence-corrected chi connectivity index (χ3v) is 4.20. The van der Waals surface area contributed by atoms with E-state index < -0.39 is 0 Å². The molecule has 1 aliphatic heterocycles. The van der Waals surface area contributed by atoms with Crippen molar-refractivity contribution in [3.8, 4) is 5.75 Å². The Labute approximate surface area is 130 Å². The molecule has 1 aliphatic rings. The number of amides is 1. The first-order chi connectivity index (χ1) is 10.6. The first-order valence-electron chi connectivity index (χ1n) is 7.45. The van der Waals surface area contributed by atoms with Gasteiger partial charge in [-0.3, -0.25) is 4.79 Å². The van der Waals surface area contributed by atoms with E-state index in [4.69, 9.17) is 10.5 Å². The highest BCUT2D eigenvalue weighted by Gasteiger charge is 2.25. The molecular formula is C18H20N2O2. The average molecular weight is 296 g/mol. The second-order valence-corrected chi connectivity index (χ2v) is 5.59. The molecule has 0 radical (unpaired) electrons. The number of fused-ring (bicyclic) bond motifs is 1. The van der Waals surface area contributed by atoms with Gasteiger partial charge in [-0.2, -0.15) is 0 Å². The van der Waals surface area contributed by atoms with Crippen LogP contribution in [0.4, 0.5) is 11.4 Å². The van der Waals surface area contributed by atoms with Gasteiger partial charge < -0.3 is 15.4 Å². The van der Waals surface area contributed by atoms with E-state index in [-0.39, 0.29) is 5.91 Å². The number of hydrogen-bond acceptors (Lipinski definition) is 3. The van der Waals surface area contributed by atoms with E-state index in [1.54, 1.807) is 7.11 Å². The summed E-state index contributed by atoms with van der Waals surface area (Å²) in [6.45, 7) is 2.65. The molecule has 0 aliphatic carbocycles. The van der Waals surface area contributed by atoms with Crippen LogP contribution in [-0.2, 0) is 6.42 Å². The number of aryl methyl sites for hydroxylation is 1. The second kappa shape index (κ2) is 5.72. The summed E-state index contributed by atoms with van der Waals surface area (Å²) in [4.78, 5) is 14.8. The summed E-state index contributed by atoms with van der Waals surface area (Å²) in [7, 11) is 1.62. The lowest BCUT2D eigenvalue weighted by molar-refractivity contribution is 0.0984. The van der Waals surface area contributed by atoms with Gasteiger partial charge in [-0.25, -0.2) is 0 Å². The first kappa shape index (κ1) is 14.4. The Morgan fingerprint density at radius 1 is 1.27 bits per heavy atom. The van der Waals surface area contributed by atoms with Gasteiger partial charge in [0.15, 0.2) is 0 Å². The molecule has 1 heterocycles. The van der Waals surface area contributed by atoms with Crippen LogP contribution in [0.1, 0.15) is 27.9 Å². The Hall–Kier alpha value is -2.49. The molecule has 3 rings (SSSR count). The van der Waals surface area contributed by atoms with Crippen LogP contribution in [0.2, 0.25) is 0 Å². The van der Waals surface area contributed by atoms with Crippen molar-refractivity contribution in [3.63, 3.8) is 0 Å². The molecule has 0 fully saturated rings. The number of hydrogen-bond donors (Lipinski definition) is 1. The smallest absolute Gasteiger partial charge is 0.258 e. The number of nitrogens with zero attached hydrogens (tertiary/aromatic N) is 1. The van der Waals surface area contributed by atoms with Crippen molar-refractivity contribution < 1.29 is 9.53 Å². The molecule has 0 saturated heterocycles. The maximum absolute atomic E-state index is 12.9. The molecule has 0 atom stereocenters. The van der Waals surface area contributed by atoms with E-state index in [9.17, 15) is 4.79 Å². The number of methoxy groups -OCH3 is 1. The van der Waals surface area contributed by atoms with Crippen molar-refractivity contribution in [1.82, 2.24) is 0 Å². The van der Waals surface area contributed by atoms with Crippen molar-refractivity contribution in [2.75, 3.05) is 24.3 Å². The zero-order valence-electron chi connectivity index (χ0n) is 12.9. The van der Waals surface area contributed by atoms with Gasteiger partial charge >= 0.3 is 0 Å². The molecule has 22 heavy (non-hydrogen) atoms. The van der Waals surface area contributed by atoms with Gasteiger partial charge in [0.1, 0.15) is 5.75 Å². The molecule has 0 spiro atoms. The van der Waals surface area contributed by atoms with Crippen molar-refractivity contribution >= 4 is 17.3 Å². The molecule has 1 amide bonds. The lowest BCUT2D eigenvalue weighted by Gasteiger charge is -2.30. The molecule has 2 N–H and O–H groups in total. The minimum absolute atomic E-state index is 0.0201. The van der Waals surface area contributed by atoms with Gasteiger partial charge in [-0.1, -0.05) is 6.07 Å². The van der Waals surface area contributed by atoms with Crippen LogP contribution in [0.3, 0.4) is 0 Å². The number of ether oxygens (including phenoxy) is 1. The highest BCUT2D eigenvalue weighted by molar-refractivity contribution is 6.08. The first-order valence-corrected chi connectivity index (χ1v) is 7.45. The lowest BCUT2D eigenvalue weighted by Crippen LogP contribution is -2.36. The standard InChI is InChI=1S/C18H20N2O2/c1-12-11-13(22-2)8-9-14(12)18(21)20-10-4-5-15-16(19)6-3-7-17(15)20/h3,6-9,11H,4-5,10,19H2,1-2H3. The average Bonchev–Trinajstić information content (AvgIpc) is 2.54. The Kier molecular flexibility index (Phi) is 3.75. The molecular weight excluding hydrogens is 276 g/mol. The largest absolute Gasteiger partial charge is 0.497 e. The zero-order chi connectivity index (χ0) is 15.7. The summed E-state index contributed by atoms with van der Waals surface area (Å²) in [6, 6.07) is 11.3. The summed E-state index contributed by atoms with van der Waals surface area (Å²) >= 11 is 0. The van der Waals surface area contributed by atoms with Crippen LogP contribution in [-0.4, -0.2) is 19.6 Å². The summed E-state index contributed by atoms with van der Waals surface area (Å²) < 4.78 is 5.21. The maximum atomic E-state index is 12.9. The molecule has 0 aromatic heterocycles. The molecule has 0 bridgehead atoms. The monoisotopic (exact) mass is 296 g/mol. The van der Waals surface area contributed by atoms with Gasteiger partial charge in [0.2, 0.25) is 0 Å². The lowest BCUT2D eigenvalue weighted by atomic mass is 9.98. The van der Waals surface area contributed by atoms with E-state index in [0.29, 0.717) is 5.56 Å². The number of carbonyl (C=O) groups is 1. The third-order valence-electron chi connectivity index (χ3n) is 4.20. The number of benzene rings is 2. The molecule has 114 valence electrons. The Balaban J connectivity index is 1.99. The van der Waals surface area contributed by atoms with Crippen LogP contribution in [0.15, 0.2) is 36.4 Å². The van der Waals surface area contributed by atoms with E-state index in [2.05, 4.69) is 0 Å². The topological polar surface area (TPSA) is 55.6 Å². The van der Waals surface area contributed by atoms with E-state index >= 15 is 0 Å². The second-order valence-electron chi connectivity index (χ2n) is 5.59. The molecule has 0 saturated carbocycles. The molecule has 2 aromatic rings. The van der Waals surface area contributed by atoms with Crippen molar-refractivity contribution in [1.29, 1.82) is 0 Å². The number of nitrogens with two attached hydrogens (primary N) is 1. The van der Waals surface area contributed by atoms with Gasteiger partial charge in [-0.15, -0.1) is 0 Å². The highest BCUT2D eigenvalue weighted by atomic mass is 16.5. The summed E-state index contributed by atoms with van der Waals surface area (Å²) in [6.07, 6.45) is 1.86. The van der Waals surface area contributed by atoms with E-state index in [1.165, 1.54) is 0 Å². The van der Waals surface area contributed by atoms with Gasteiger partial charge in [0.25, 0.3) is 5.91 Å². The van der Waals surface area contributed by atoms with Crippen LogP contribution in [0.25, 0.3) is 0 Å². The predicted octanol–water partition coefficient (Wildman–Crippen LogP) is 3.18. The Morgan fingerprint density at radius 2 is 2.09 bits per heavy atom. The van der Waals surface area contributed by atoms with Crippen LogP contribution in [0.5, 0.6) is 5.75 Å². The minimum Gasteiger partial charge on any atom is -0.497 e. The van der Waals surface area contributed by atoms with Crippen molar-refractivity contribution in [2.24, 2.45) is 0 Å². The Morgan fingerprint density at radius 3 is 2.82 bits per heavy atom. The van der Waals surface area contributed by atoms with E-state index in [0.717, 1.165) is 47.6 Å². The summed E-state index contributed by atoms with van der Waals surface area (Å²) in [5.74, 6) is 0.782. The predicted molar refractivity (Wildman–Crippen MR) is 88.6 cm³/mol. The number of anilines is 2. The fourth-order valence-corrected chi connectivity index (χ4v) is 3.01. The van der Waals surface area contributed by atoms with Gasteiger partial charge in [0, 0.05) is 23.5 Å². The quantitative estimate of drug-likeness (QED) is 0.866. The minimum atomic E-state index is 0.0201. The summed E-state index contributed by atoms with van der Waals surface area (Å²) in [5, 5.41) is 0. The zero-order valence-corrected chi connectivity index (χ0v) is 12.9. The fourth-order valence-electron chi connectivity index (χ4n) is 3.01.